The van der Waals surface area contributed by atoms with E-state index in [9.17, 15) is 9.59 Å². The van der Waals surface area contributed by atoms with Crippen LogP contribution in [-0.2, 0) is 11.3 Å². The van der Waals surface area contributed by atoms with Gasteiger partial charge in [-0.25, -0.2) is 4.79 Å². The first-order chi connectivity index (χ1) is 12.6. The summed E-state index contributed by atoms with van der Waals surface area (Å²) in [6.07, 6.45) is 0.711. The Hall–Kier alpha value is -3.02. The van der Waals surface area contributed by atoms with E-state index in [4.69, 9.17) is 4.74 Å². The lowest BCUT2D eigenvalue weighted by Gasteiger charge is -2.26. The maximum absolute atomic E-state index is 12.1. The van der Waals surface area contributed by atoms with Crippen LogP contribution in [0.5, 0.6) is 5.75 Å². The summed E-state index contributed by atoms with van der Waals surface area (Å²) in [5, 5.41) is 8.28. The highest BCUT2D eigenvalue weighted by Gasteiger charge is 2.22. The molecule has 1 aliphatic heterocycles. The maximum atomic E-state index is 12.1. The third-order valence-electron chi connectivity index (χ3n) is 4.28. The van der Waals surface area contributed by atoms with E-state index in [1.807, 2.05) is 55.5 Å². The third-order valence-corrected chi connectivity index (χ3v) is 4.28. The molecule has 6 nitrogen and oxygen atoms in total. The summed E-state index contributed by atoms with van der Waals surface area (Å²) >= 11 is 0. The maximum Gasteiger partial charge on any atom is 0.315 e. The van der Waals surface area contributed by atoms with Gasteiger partial charge in [-0.3, -0.25) is 4.79 Å². The average molecular weight is 353 g/mol. The van der Waals surface area contributed by atoms with Gasteiger partial charge in [0.05, 0.1) is 19.2 Å². The number of amides is 3. The second kappa shape index (κ2) is 8.38. The predicted molar refractivity (Wildman–Crippen MR) is 98.9 cm³/mol. The van der Waals surface area contributed by atoms with Gasteiger partial charge in [-0.05, 0) is 18.6 Å². The highest BCUT2D eigenvalue weighted by Crippen LogP contribution is 2.31. The molecule has 2 aromatic carbocycles. The van der Waals surface area contributed by atoms with Crippen molar-refractivity contribution in [2.75, 3.05) is 13.2 Å². The zero-order chi connectivity index (χ0) is 18.4. The fraction of sp³-hybridized carbons (Fsp3) is 0.300. The Morgan fingerprint density at radius 2 is 1.85 bits per heavy atom. The normalized spacial score (nSPS) is 15.3. The number of hydrogen-bond acceptors (Lipinski definition) is 3. The highest BCUT2D eigenvalue weighted by atomic mass is 16.5. The Labute approximate surface area is 152 Å². The van der Waals surface area contributed by atoms with Crippen LogP contribution in [-0.4, -0.2) is 25.1 Å². The van der Waals surface area contributed by atoms with E-state index in [0.29, 0.717) is 19.6 Å². The molecule has 1 atom stereocenters. The van der Waals surface area contributed by atoms with Crippen molar-refractivity contribution in [2.45, 2.75) is 25.9 Å². The molecule has 136 valence electrons. The molecule has 1 heterocycles. The monoisotopic (exact) mass is 353 g/mol. The smallest absolute Gasteiger partial charge is 0.315 e. The number of fused-ring (bicyclic) bond motifs is 1. The van der Waals surface area contributed by atoms with Gasteiger partial charge in [0.2, 0.25) is 5.91 Å². The van der Waals surface area contributed by atoms with Crippen molar-refractivity contribution < 1.29 is 14.3 Å². The second-order valence-corrected chi connectivity index (χ2v) is 6.32. The quantitative estimate of drug-likeness (QED) is 0.772. The number of carbonyl (C=O) groups excluding carboxylic acids is 2. The summed E-state index contributed by atoms with van der Waals surface area (Å²) in [6, 6.07) is 15.1. The molecule has 3 amide bonds. The molecule has 26 heavy (non-hydrogen) atoms. The Morgan fingerprint density at radius 3 is 2.65 bits per heavy atom. The Morgan fingerprint density at radius 1 is 1.08 bits per heavy atom. The Kier molecular flexibility index (Phi) is 5.73. The van der Waals surface area contributed by atoms with E-state index in [2.05, 4.69) is 16.0 Å². The fourth-order valence-corrected chi connectivity index (χ4v) is 2.85. The molecular weight excluding hydrogens is 330 g/mol. The number of ether oxygens (including phenoxy) is 1. The van der Waals surface area contributed by atoms with Gasteiger partial charge in [-0.2, -0.15) is 0 Å². The first-order valence-corrected chi connectivity index (χ1v) is 8.70. The highest BCUT2D eigenvalue weighted by molar-refractivity contribution is 5.84. The van der Waals surface area contributed by atoms with Gasteiger partial charge < -0.3 is 20.7 Å². The van der Waals surface area contributed by atoms with Gasteiger partial charge in [0.25, 0.3) is 0 Å². The molecule has 3 rings (SSSR count). The van der Waals surface area contributed by atoms with Crippen LogP contribution in [0.1, 0.15) is 29.2 Å². The van der Waals surface area contributed by atoms with E-state index < -0.39 is 0 Å². The number of urea groups is 1. The minimum absolute atomic E-state index is 0.0702. The summed E-state index contributed by atoms with van der Waals surface area (Å²) in [4.78, 5) is 24.0. The van der Waals surface area contributed by atoms with Crippen molar-refractivity contribution in [2.24, 2.45) is 0 Å². The Bertz CT molecular complexity index is 774. The van der Waals surface area contributed by atoms with Crippen molar-refractivity contribution in [3.63, 3.8) is 0 Å². The van der Waals surface area contributed by atoms with Gasteiger partial charge in [0.15, 0.2) is 0 Å². The van der Waals surface area contributed by atoms with Crippen LogP contribution >= 0.6 is 0 Å². The van der Waals surface area contributed by atoms with Crippen LogP contribution in [0, 0.1) is 6.92 Å². The fourth-order valence-electron chi connectivity index (χ4n) is 2.85. The summed E-state index contributed by atoms with van der Waals surface area (Å²) in [5.74, 6) is 0.574. The van der Waals surface area contributed by atoms with Crippen molar-refractivity contribution in [1.29, 1.82) is 0 Å². The van der Waals surface area contributed by atoms with Gasteiger partial charge in [-0.15, -0.1) is 0 Å². The first-order valence-electron chi connectivity index (χ1n) is 8.70. The van der Waals surface area contributed by atoms with Crippen molar-refractivity contribution in [3.8, 4) is 5.75 Å². The third kappa shape index (κ3) is 4.75. The van der Waals surface area contributed by atoms with Gasteiger partial charge in [0.1, 0.15) is 5.75 Å². The molecular formula is C20H23N3O3. The molecule has 3 N–H and O–H groups in total. The lowest BCUT2D eigenvalue weighted by atomic mass is 10.0. The van der Waals surface area contributed by atoms with E-state index in [-0.39, 0.29) is 24.5 Å². The van der Waals surface area contributed by atoms with Crippen LogP contribution in [0.15, 0.2) is 48.5 Å². The molecule has 0 spiro atoms. The molecule has 0 radical (unpaired) electrons. The SMILES string of the molecule is Cc1ccc(CNC(=O)NCC(=O)N[C@@H]2CCOc3ccccc32)cc1. The predicted octanol–water partition coefficient (Wildman–Crippen LogP) is 2.43. The molecule has 0 unspecified atom stereocenters. The van der Waals surface area contributed by atoms with E-state index >= 15 is 0 Å². The van der Waals surface area contributed by atoms with Crippen LogP contribution in [0.4, 0.5) is 4.79 Å². The van der Waals surface area contributed by atoms with Gasteiger partial charge in [0, 0.05) is 18.5 Å². The number of benzene rings is 2. The molecule has 1 aliphatic rings. The average Bonchev–Trinajstić information content (AvgIpc) is 2.66. The lowest BCUT2D eigenvalue weighted by Crippen LogP contribution is -2.43. The van der Waals surface area contributed by atoms with Gasteiger partial charge >= 0.3 is 6.03 Å². The largest absolute Gasteiger partial charge is 0.493 e. The van der Waals surface area contributed by atoms with Crippen LogP contribution in [0.3, 0.4) is 0 Å². The number of rotatable bonds is 5. The molecule has 0 fully saturated rings. The molecule has 0 saturated carbocycles. The Balaban J connectivity index is 1.43. The molecule has 0 bridgehead atoms. The molecule has 2 aromatic rings. The van der Waals surface area contributed by atoms with E-state index in [1.165, 1.54) is 5.56 Å². The van der Waals surface area contributed by atoms with Crippen LogP contribution in [0.2, 0.25) is 0 Å². The minimum atomic E-state index is -0.367. The van der Waals surface area contributed by atoms with Crippen molar-refractivity contribution >= 4 is 11.9 Å². The number of carbonyl (C=O) groups is 2. The number of nitrogens with one attached hydrogen (secondary N) is 3. The molecule has 0 aromatic heterocycles. The van der Waals surface area contributed by atoms with Crippen molar-refractivity contribution in [3.05, 3.63) is 65.2 Å². The first kappa shape index (κ1) is 17.8. The summed E-state index contributed by atoms with van der Waals surface area (Å²) in [5.41, 5.74) is 3.15. The van der Waals surface area contributed by atoms with E-state index in [1.54, 1.807) is 0 Å². The molecule has 0 aliphatic carbocycles. The topological polar surface area (TPSA) is 79.5 Å². The number of para-hydroxylation sites is 1. The number of hydrogen-bond donors (Lipinski definition) is 3. The van der Waals surface area contributed by atoms with Crippen LogP contribution < -0.4 is 20.7 Å². The van der Waals surface area contributed by atoms with Crippen LogP contribution in [0.25, 0.3) is 0 Å². The zero-order valence-corrected chi connectivity index (χ0v) is 14.7. The lowest BCUT2D eigenvalue weighted by molar-refractivity contribution is -0.121. The second-order valence-electron chi connectivity index (χ2n) is 6.32. The standard InChI is InChI=1S/C20H23N3O3/c1-14-6-8-15(9-7-14)12-21-20(25)22-13-19(24)23-17-10-11-26-18-5-3-2-4-16(17)18/h2-9,17H,10-13H2,1H3,(H,23,24)(H2,21,22,25)/t17-/m1/s1. The molecule has 6 heteroatoms. The van der Waals surface area contributed by atoms with Gasteiger partial charge in [-0.1, -0.05) is 48.0 Å². The molecule has 0 saturated heterocycles. The van der Waals surface area contributed by atoms with Crippen molar-refractivity contribution in [1.82, 2.24) is 16.0 Å². The summed E-state index contributed by atoms with van der Waals surface area (Å²) < 4.78 is 5.58. The zero-order valence-electron chi connectivity index (χ0n) is 14.7. The summed E-state index contributed by atoms with van der Waals surface area (Å²) in [7, 11) is 0. The van der Waals surface area contributed by atoms with E-state index in [0.717, 1.165) is 16.9 Å². The minimum Gasteiger partial charge on any atom is -0.493 e. The number of aryl methyl sites for hydroxylation is 1. The summed E-state index contributed by atoms with van der Waals surface area (Å²) in [6.45, 7) is 2.92.